The van der Waals surface area contributed by atoms with Gasteiger partial charge in [0.05, 0.1) is 11.3 Å². The van der Waals surface area contributed by atoms with E-state index in [1.54, 1.807) is 38.4 Å². The summed E-state index contributed by atoms with van der Waals surface area (Å²) in [5.74, 6) is -1.59. The molecule has 2 aromatic rings. The van der Waals surface area contributed by atoms with Gasteiger partial charge in [-0.15, -0.1) is 11.8 Å². The maximum atomic E-state index is 12.9. The number of esters is 1. The molecule has 0 fully saturated rings. The van der Waals surface area contributed by atoms with Crippen molar-refractivity contribution in [3.63, 3.8) is 0 Å². The minimum absolute atomic E-state index is 0.0495. The van der Waals surface area contributed by atoms with Crippen LogP contribution in [0.3, 0.4) is 0 Å². The Morgan fingerprint density at radius 1 is 1.11 bits per heavy atom. The number of hydrogen-bond acceptors (Lipinski definition) is 5. The molecule has 0 spiro atoms. The molecule has 6 nitrogen and oxygen atoms in total. The monoisotopic (exact) mass is 404 g/mol. The van der Waals surface area contributed by atoms with Crippen LogP contribution in [0.4, 0.5) is 10.1 Å². The van der Waals surface area contributed by atoms with Crippen molar-refractivity contribution >= 4 is 35.2 Å². The molecule has 8 heteroatoms. The molecule has 0 radical (unpaired) electrons. The van der Waals surface area contributed by atoms with E-state index in [1.165, 1.54) is 47.9 Å². The lowest BCUT2D eigenvalue weighted by molar-refractivity contribution is -0.137. The fraction of sp³-hybridized carbons (Fsp3) is 0.250. The average molecular weight is 404 g/mol. The van der Waals surface area contributed by atoms with Crippen LogP contribution in [-0.4, -0.2) is 48.6 Å². The highest BCUT2D eigenvalue weighted by Crippen LogP contribution is 2.24. The Morgan fingerprint density at radius 3 is 2.39 bits per heavy atom. The summed E-state index contributed by atoms with van der Waals surface area (Å²) in [6.07, 6.45) is -0.915. The van der Waals surface area contributed by atoms with Gasteiger partial charge < -0.3 is 15.0 Å². The fourth-order valence-electron chi connectivity index (χ4n) is 2.27. The molecule has 0 heterocycles. The van der Waals surface area contributed by atoms with Crippen molar-refractivity contribution in [2.75, 3.05) is 25.2 Å². The topological polar surface area (TPSA) is 75.7 Å². The van der Waals surface area contributed by atoms with E-state index in [0.29, 0.717) is 10.6 Å². The Morgan fingerprint density at radius 2 is 1.75 bits per heavy atom. The van der Waals surface area contributed by atoms with Gasteiger partial charge in [0.1, 0.15) is 5.82 Å². The highest BCUT2D eigenvalue weighted by molar-refractivity contribution is 8.00. The molecule has 0 aliphatic carbocycles. The summed E-state index contributed by atoms with van der Waals surface area (Å²) in [5.41, 5.74) is 0.760. The number of anilines is 1. The molecule has 0 aliphatic heterocycles. The molecule has 0 aromatic heterocycles. The Labute approximate surface area is 167 Å². The first-order chi connectivity index (χ1) is 13.3. The van der Waals surface area contributed by atoms with Gasteiger partial charge in [-0.25, -0.2) is 9.18 Å². The van der Waals surface area contributed by atoms with E-state index in [4.69, 9.17) is 4.74 Å². The number of nitrogens with one attached hydrogen (secondary N) is 1. The maximum Gasteiger partial charge on any atom is 0.340 e. The molecule has 2 amide bonds. The van der Waals surface area contributed by atoms with Crippen molar-refractivity contribution in [1.29, 1.82) is 0 Å². The predicted molar refractivity (Wildman–Crippen MR) is 106 cm³/mol. The van der Waals surface area contributed by atoms with Crippen LogP contribution in [0.5, 0.6) is 0 Å². The summed E-state index contributed by atoms with van der Waals surface area (Å²) in [7, 11) is 3.16. The molecule has 1 atom stereocenters. The van der Waals surface area contributed by atoms with E-state index >= 15 is 0 Å². The molecule has 148 valence electrons. The Hall–Kier alpha value is -2.87. The Balaban J connectivity index is 1.99. The van der Waals surface area contributed by atoms with Gasteiger partial charge in [0.15, 0.2) is 6.10 Å². The van der Waals surface area contributed by atoms with E-state index < -0.39 is 12.1 Å². The number of amides is 2. The van der Waals surface area contributed by atoms with Gasteiger partial charge in [-0.3, -0.25) is 9.59 Å². The first-order valence-corrected chi connectivity index (χ1v) is 9.46. The number of likely N-dealkylation sites (N-methyl/N-ethyl adjacent to an activating group) is 1. The molecule has 0 bridgehead atoms. The summed E-state index contributed by atoms with van der Waals surface area (Å²) in [6, 6.07) is 12.1. The standard InChI is InChI=1S/C20H21FN2O4S/c1-13(19(25)23(2)3)27-20(26)16-6-4-5-7-17(16)28-12-18(24)22-15-10-8-14(21)9-11-15/h4-11,13H,12H2,1-3H3,(H,22,24)/t13-/m0/s1. The molecule has 2 aromatic carbocycles. The van der Waals surface area contributed by atoms with Crippen molar-refractivity contribution in [2.24, 2.45) is 0 Å². The largest absolute Gasteiger partial charge is 0.449 e. The van der Waals surface area contributed by atoms with Gasteiger partial charge in [-0.2, -0.15) is 0 Å². The second-order valence-corrected chi connectivity index (χ2v) is 7.14. The third kappa shape index (κ3) is 6.09. The highest BCUT2D eigenvalue weighted by atomic mass is 32.2. The minimum Gasteiger partial charge on any atom is -0.449 e. The second-order valence-electron chi connectivity index (χ2n) is 6.12. The van der Waals surface area contributed by atoms with Crippen LogP contribution in [0.25, 0.3) is 0 Å². The van der Waals surface area contributed by atoms with E-state index in [-0.39, 0.29) is 28.9 Å². The van der Waals surface area contributed by atoms with E-state index in [1.807, 2.05) is 0 Å². The number of carbonyl (C=O) groups is 3. The predicted octanol–water partition coefficient (Wildman–Crippen LogP) is 3.19. The number of ether oxygens (including phenoxy) is 1. The molecule has 0 saturated heterocycles. The zero-order valence-electron chi connectivity index (χ0n) is 15.8. The number of nitrogens with zero attached hydrogens (tertiary/aromatic N) is 1. The smallest absolute Gasteiger partial charge is 0.340 e. The summed E-state index contributed by atoms with van der Waals surface area (Å²) in [4.78, 5) is 38.3. The van der Waals surface area contributed by atoms with Crippen LogP contribution in [0.1, 0.15) is 17.3 Å². The third-order valence-corrected chi connectivity index (χ3v) is 4.74. The van der Waals surface area contributed by atoms with Crippen molar-refractivity contribution in [3.8, 4) is 0 Å². The lowest BCUT2D eigenvalue weighted by Crippen LogP contribution is -2.35. The molecular formula is C20H21FN2O4S. The van der Waals surface area contributed by atoms with Gasteiger partial charge in [-0.05, 0) is 43.3 Å². The van der Waals surface area contributed by atoms with Gasteiger partial charge in [0.2, 0.25) is 5.91 Å². The first kappa shape index (κ1) is 21.4. The zero-order chi connectivity index (χ0) is 20.7. The Bertz CT molecular complexity index is 856. The molecule has 2 rings (SSSR count). The molecular weight excluding hydrogens is 383 g/mol. The van der Waals surface area contributed by atoms with Crippen molar-refractivity contribution in [2.45, 2.75) is 17.9 Å². The summed E-state index contributed by atoms with van der Waals surface area (Å²) < 4.78 is 18.1. The van der Waals surface area contributed by atoms with Gasteiger partial charge >= 0.3 is 5.97 Å². The average Bonchev–Trinajstić information content (AvgIpc) is 2.67. The minimum atomic E-state index is -0.915. The molecule has 0 aliphatic rings. The summed E-state index contributed by atoms with van der Waals surface area (Å²) >= 11 is 1.17. The molecule has 1 N–H and O–H groups in total. The van der Waals surface area contributed by atoms with Gasteiger partial charge in [-0.1, -0.05) is 12.1 Å². The van der Waals surface area contributed by atoms with Crippen molar-refractivity contribution in [1.82, 2.24) is 4.90 Å². The summed E-state index contributed by atoms with van der Waals surface area (Å²) in [6.45, 7) is 1.51. The van der Waals surface area contributed by atoms with Crippen molar-refractivity contribution in [3.05, 3.63) is 59.9 Å². The third-order valence-electron chi connectivity index (χ3n) is 3.67. The number of carbonyl (C=O) groups excluding carboxylic acids is 3. The normalized spacial score (nSPS) is 11.4. The lowest BCUT2D eigenvalue weighted by Gasteiger charge is -2.18. The molecule has 0 unspecified atom stereocenters. The van der Waals surface area contributed by atoms with Crippen LogP contribution in [0.15, 0.2) is 53.4 Å². The number of benzene rings is 2. The number of thioether (sulfide) groups is 1. The second kappa shape index (κ2) is 9.89. The quantitative estimate of drug-likeness (QED) is 0.567. The van der Waals surface area contributed by atoms with Crippen LogP contribution in [0, 0.1) is 5.82 Å². The van der Waals surface area contributed by atoms with E-state index in [2.05, 4.69) is 5.32 Å². The van der Waals surface area contributed by atoms with E-state index in [9.17, 15) is 18.8 Å². The van der Waals surface area contributed by atoms with Gasteiger partial charge in [0.25, 0.3) is 5.91 Å². The number of rotatable bonds is 7. The van der Waals surface area contributed by atoms with Crippen molar-refractivity contribution < 1.29 is 23.5 Å². The van der Waals surface area contributed by atoms with Crippen LogP contribution < -0.4 is 5.32 Å². The molecule has 28 heavy (non-hydrogen) atoms. The molecule has 0 saturated carbocycles. The number of hydrogen-bond donors (Lipinski definition) is 1. The fourth-order valence-corrected chi connectivity index (χ4v) is 3.11. The van der Waals surface area contributed by atoms with Gasteiger partial charge in [0, 0.05) is 24.7 Å². The maximum absolute atomic E-state index is 12.9. The summed E-state index contributed by atoms with van der Waals surface area (Å²) in [5, 5.41) is 2.65. The highest BCUT2D eigenvalue weighted by Gasteiger charge is 2.22. The SMILES string of the molecule is C[C@H](OC(=O)c1ccccc1SCC(=O)Nc1ccc(F)cc1)C(=O)N(C)C. The Kier molecular flexibility index (Phi) is 7.57. The van der Waals surface area contributed by atoms with Crippen LogP contribution in [-0.2, 0) is 14.3 Å². The lowest BCUT2D eigenvalue weighted by atomic mass is 10.2. The van der Waals surface area contributed by atoms with E-state index in [0.717, 1.165) is 0 Å². The first-order valence-electron chi connectivity index (χ1n) is 8.47. The van der Waals surface area contributed by atoms with Crippen LogP contribution in [0.2, 0.25) is 0 Å². The number of halogens is 1. The van der Waals surface area contributed by atoms with Crippen LogP contribution >= 0.6 is 11.8 Å². The zero-order valence-corrected chi connectivity index (χ0v) is 16.6.